The van der Waals surface area contributed by atoms with E-state index < -0.39 is 24.0 Å². The lowest BCUT2D eigenvalue weighted by Gasteiger charge is -2.50. The van der Waals surface area contributed by atoms with Crippen molar-refractivity contribution >= 4 is 52.6 Å². The molecule has 10 nitrogen and oxygen atoms in total. The topological polar surface area (TPSA) is 127 Å². The van der Waals surface area contributed by atoms with E-state index >= 15 is 0 Å². The molecule has 3 heterocycles. The Balaban J connectivity index is 1.25. The van der Waals surface area contributed by atoms with Gasteiger partial charge < -0.3 is 25.0 Å². The summed E-state index contributed by atoms with van der Waals surface area (Å²) in [5.41, 5.74) is 2.31. The molecule has 3 fully saturated rings. The highest BCUT2D eigenvalue weighted by Gasteiger charge is 2.47. The lowest BCUT2D eigenvalue weighted by Crippen LogP contribution is -2.64. The molecule has 3 aliphatic rings. The first kappa shape index (κ1) is 33.2. The fourth-order valence-corrected chi connectivity index (χ4v) is 6.97. The Morgan fingerprint density at radius 2 is 1.65 bits per heavy atom. The Kier molecular flexibility index (Phi) is 10.8. The molecule has 2 saturated heterocycles. The number of nitrogens with one attached hydrogen (secondary N) is 2. The highest BCUT2D eigenvalue weighted by atomic mass is 35.5. The standard InChI is InChI=1S/C34H36Cl2N4O6/c1-45-25-5-3-4-20(16-25)8-15-29(41)40-24-13-9-22(10-14-24)31(40)33(43)39-28(34(44)46-2)17-21-6-11-23(12-7-21)38-32(42)30-26(35)18-37-19-27(30)36/h3-7,11-12,16,18-19,22,24,28,31H,8-10,13-15,17H2,1-2H3,(H,38,42)(H,39,43)/t22?,24?,28-,31?/m0/s1. The predicted octanol–water partition coefficient (Wildman–Crippen LogP) is 5.25. The number of benzene rings is 2. The van der Waals surface area contributed by atoms with Crippen molar-refractivity contribution in [2.24, 2.45) is 5.92 Å². The van der Waals surface area contributed by atoms with Gasteiger partial charge in [-0.3, -0.25) is 19.4 Å². The van der Waals surface area contributed by atoms with Crippen molar-refractivity contribution in [1.29, 1.82) is 0 Å². The summed E-state index contributed by atoms with van der Waals surface area (Å²) in [6.07, 6.45) is 7.06. The minimum atomic E-state index is -0.971. The summed E-state index contributed by atoms with van der Waals surface area (Å²) in [4.78, 5) is 58.7. The molecule has 3 aromatic rings. The van der Waals surface area contributed by atoms with Crippen LogP contribution in [0.1, 0.15) is 53.6 Å². The maximum Gasteiger partial charge on any atom is 0.328 e. The normalized spacial score (nSPS) is 19.2. The number of anilines is 1. The van der Waals surface area contributed by atoms with Crippen LogP contribution in [0.2, 0.25) is 10.0 Å². The van der Waals surface area contributed by atoms with E-state index in [1.807, 2.05) is 24.3 Å². The molecular weight excluding hydrogens is 631 g/mol. The van der Waals surface area contributed by atoms with E-state index in [1.54, 1.807) is 36.3 Å². The van der Waals surface area contributed by atoms with Crippen molar-refractivity contribution < 1.29 is 28.7 Å². The molecule has 0 radical (unpaired) electrons. The van der Waals surface area contributed by atoms with E-state index in [-0.39, 0.29) is 52.2 Å². The van der Waals surface area contributed by atoms with Gasteiger partial charge in [0.1, 0.15) is 17.8 Å². The lowest BCUT2D eigenvalue weighted by molar-refractivity contribution is -0.155. The van der Waals surface area contributed by atoms with Crippen LogP contribution in [0.25, 0.3) is 0 Å². The summed E-state index contributed by atoms with van der Waals surface area (Å²) < 4.78 is 10.3. The van der Waals surface area contributed by atoms with Gasteiger partial charge in [0.2, 0.25) is 11.8 Å². The van der Waals surface area contributed by atoms with Crippen LogP contribution in [0.4, 0.5) is 5.69 Å². The summed E-state index contributed by atoms with van der Waals surface area (Å²) in [5.74, 6) is -0.756. The Morgan fingerprint density at radius 1 is 0.957 bits per heavy atom. The fraction of sp³-hybridized carbons (Fsp3) is 0.382. The minimum Gasteiger partial charge on any atom is -0.497 e. The summed E-state index contributed by atoms with van der Waals surface area (Å²) in [5, 5.41) is 5.90. The largest absolute Gasteiger partial charge is 0.497 e. The minimum absolute atomic E-state index is 0.00481. The van der Waals surface area contributed by atoms with Crippen LogP contribution in [0.5, 0.6) is 5.75 Å². The number of aromatic nitrogens is 1. The molecule has 2 aromatic carbocycles. The molecule has 6 rings (SSSR count). The second kappa shape index (κ2) is 15.0. The zero-order valence-corrected chi connectivity index (χ0v) is 27.1. The number of rotatable bonds is 11. The van der Waals surface area contributed by atoms with E-state index in [2.05, 4.69) is 15.6 Å². The molecule has 2 aliphatic heterocycles. The van der Waals surface area contributed by atoms with E-state index in [0.717, 1.165) is 42.6 Å². The van der Waals surface area contributed by atoms with Crippen molar-refractivity contribution in [1.82, 2.24) is 15.2 Å². The first-order valence-electron chi connectivity index (χ1n) is 15.2. The van der Waals surface area contributed by atoms with Crippen LogP contribution < -0.4 is 15.4 Å². The lowest BCUT2D eigenvalue weighted by atomic mass is 9.74. The number of carbonyl (C=O) groups excluding carboxylic acids is 4. The smallest absolute Gasteiger partial charge is 0.328 e. The Morgan fingerprint density at radius 3 is 2.30 bits per heavy atom. The average Bonchev–Trinajstić information content (AvgIpc) is 3.07. The van der Waals surface area contributed by atoms with Crippen LogP contribution >= 0.6 is 23.2 Å². The highest BCUT2D eigenvalue weighted by molar-refractivity contribution is 6.40. The maximum atomic E-state index is 13.8. The number of hydrogen-bond donors (Lipinski definition) is 2. The number of aryl methyl sites for hydroxylation is 1. The molecule has 12 heteroatoms. The third-order valence-electron chi connectivity index (χ3n) is 8.73. The first-order chi connectivity index (χ1) is 22.2. The number of pyridine rings is 1. The SMILES string of the molecule is COC(=O)[C@H](Cc1ccc(NC(=O)c2c(Cl)cncc2Cl)cc1)NC(=O)C1C2CCC(CC2)N1C(=O)CCc1cccc(OC)c1. The summed E-state index contributed by atoms with van der Waals surface area (Å²) in [6.45, 7) is 0. The molecule has 46 heavy (non-hydrogen) atoms. The molecule has 242 valence electrons. The van der Waals surface area contributed by atoms with Crippen molar-refractivity contribution in [2.75, 3.05) is 19.5 Å². The fourth-order valence-electron chi connectivity index (χ4n) is 6.43. The molecule has 0 spiro atoms. The Hall–Kier alpha value is -4.15. The van der Waals surface area contributed by atoms with Gasteiger partial charge in [-0.15, -0.1) is 0 Å². The van der Waals surface area contributed by atoms with Gasteiger partial charge in [0, 0.05) is 37.0 Å². The molecule has 1 aliphatic carbocycles. The molecule has 2 atom stereocenters. The van der Waals surface area contributed by atoms with Gasteiger partial charge in [-0.05, 0) is 73.4 Å². The monoisotopic (exact) mass is 666 g/mol. The molecule has 1 aromatic heterocycles. The van der Waals surface area contributed by atoms with Gasteiger partial charge >= 0.3 is 5.97 Å². The van der Waals surface area contributed by atoms with Crippen LogP contribution in [-0.4, -0.2) is 65.9 Å². The van der Waals surface area contributed by atoms with Crippen molar-refractivity contribution in [3.05, 3.63) is 87.7 Å². The van der Waals surface area contributed by atoms with Gasteiger partial charge in [-0.1, -0.05) is 47.5 Å². The third-order valence-corrected chi connectivity index (χ3v) is 9.31. The van der Waals surface area contributed by atoms with Crippen molar-refractivity contribution in [2.45, 2.75) is 63.1 Å². The van der Waals surface area contributed by atoms with Gasteiger partial charge in [0.05, 0.1) is 29.8 Å². The quantitative estimate of drug-likeness (QED) is 0.268. The number of esters is 1. The van der Waals surface area contributed by atoms with Gasteiger partial charge in [-0.25, -0.2) is 4.79 Å². The summed E-state index contributed by atoms with van der Waals surface area (Å²) in [6, 6.07) is 12.8. The van der Waals surface area contributed by atoms with E-state index in [1.165, 1.54) is 19.5 Å². The number of carbonyl (C=O) groups is 4. The zero-order valence-electron chi connectivity index (χ0n) is 25.6. The first-order valence-corrected chi connectivity index (χ1v) is 16.0. The molecule has 2 bridgehead atoms. The zero-order chi connectivity index (χ0) is 32.8. The van der Waals surface area contributed by atoms with Crippen LogP contribution in [0, 0.1) is 5.92 Å². The maximum absolute atomic E-state index is 13.8. The molecule has 1 unspecified atom stereocenters. The van der Waals surface area contributed by atoms with E-state index in [9.17, 15) is 19.2 Å². The predicted molar refractivity (Wildman–Crippen MR) is 174 cm³/mol. The second-order valence-corrected chi connectivity index (χ2v) is 12.4. The van der Waals surface area contributed by atoms with Gasteiger partial charge in [-0.2, -0.15) is 0 Å². The number of hydrogen-bond acceptors (Lipinski definition) is 7. The second-order valence-electron chi connectivity index (χ2n) is 11.6. The number of halogens is 2. The molecule has 2 N–H and O–H groups in total. The number of amides is 3. The highest BCUT2D eigenvalue weighted by Crippen LogP contribution is 2.40. The van der Waals surface area contributed by atoms with E-state index in [4.69, 9.17) is 32.7 Å². The van der Waals surface area contributed by atoms with E-state index in [0.29, 0.717) is 12.1 Å². The third kappa shape index (κ3) is 7.62. The molecule has 1 saturated carbocycles. The number of nitrogens with zero attached hydrogens (tertiary/aromatic N) is 2. The molecule has 3 amide bonds. The summed E-state index contributed by atoms with van der Waals surface area (Å²) in [7, 11) is 2.87. The van der Waals surface area contributed by atoms with Gasteiger partial charge in [0.15, 0.2) is 0 Å². The number of methoxy groups -OCH3 is 2. The number of fused-ring (bicyclic) bond motifs is 3. The van der Waals surface area contributed by atoms with Crippen LogP contribution in [0.3, 0.4) is 0 Å². The van der Waals surface area contributed by atoms with Gasteiger partial charge in [0.25, 0.3) is 5.91 Å². The summed E-state index contributed by atoms with van der Waals surface area (Å²) >= 11 is 12.2. The number of ether oxygens (including phenoxy) is 2. The Bertz CT molecular complexity index is 1570. The van der Waals surface area contributed by atoms with Crippen LogP contribution in [-0.2, 0) is 32.0 Å². The van der Waals surface area contributed by atoms with Crippen LogP contribution in [0.15, 0.2) is 60.9 Å². The molecular formula is C34H36Cl2N4O6. The van der Waals surface area contributed by atoms with Crippen molar-refractivity contribution in [3.8, 4) is 5.75 Å². The Labute approximate surface area is 277 Å². The average molecular weight is 668 g/mol. The number of piperidine rings is 2. The van der Waals surface area contributed by atoms with Crippen molar-refractivity contribution in [3.63, 3.8) is 0 Å².